The topological polar surface area (TPSA) is 54.4 Å². The fourth-order valence-electron chi connectivity index (χ4n) is 1.28. The van der Waals surface area contributed by atoms with Crippen molar-refractivity contribution in [3.05, 3.63) is 64.4 Å². The van der Waals surface area contributed by atoms with Gasteiger partial charge in [0.1, 0.15) is 0 Å². The number of nitrogens with zero attached hydrogens (tertiary/aromatic N) is 2. The molecular formula is C13H10BrN3O. The summed E-state index contributed by atoms with van der Waals surface area (Å²) in [5.74, 6) is -0.243. The lowest BCUT2D eigenvalue weighted by Crippen LogP contribution is -2.17. The molecule has 2 rings (SSSR count). The second-order valence-electron chi connectivity index (χ2n) is 3.49. The third kappa shape index (κ3) is 3.49. The van der Waals surface area contributed by atoms with E-state index in [2.05, 4.69) is 31.4 Å². The third-order valence-corrected chi connectivity index (χ3v) is 2.72. The van der Waals surface area contributed by atoms with Gasteiger partial charge in [-0.2, -0.15) is 5.10 Å². The number of hydrazone groups is 1. The van der Waals surface area contributed by atoms with Crippen LogP contribution >= 0.6 is 15.9 Å². The summed E-state index contributed by atoms with van der Waals surface area (Å²) in [6, 6.07) is 10.7. The molecule has 0 saturated heterocycles. The Morgan fingerprint density at radius 1 is 1.17 bits per heavy atom. The maximum Gasteiger partial charge on any atom is 0.271 e. The maximum atomic E-state index is 11.7. The van der Waals surface area contributed by atoms with Crippen LogP contribution in [0.25, 0.3) is 0 Å². The van der Waals surface area contributed by atoms with Crippen LogP contribution in [0.4, 0.5) is 0 Å². The van der Waals surface area contributed by atoms with Crippen LogP contribution in [0.3, 0.4) is 0 Å². The van der Waals surface area contributed by atoms with E-state index in [1.54, 1.807) is 42.9 Å². The monoisotopic (exact) mass is 303 g/mol. The van der Waals surface area contributed by atoms with E-state index < -0.39 is 0 Å². The molecule has 5 heteroatoms. The zero-order chi connectivity index (χ0) is 12.8. The van der Waals surface area contributed by atoms with Crippen LogP contribution < -0.4 is 5.43 Å². The normalized spacial score (nSPS) is 10.5. The highest BCUT2D eigenvalue weighted by Gasteiger charge is 2.02. The molecule has 1 heterocycles. The molecule has 1 N–H and O–H groups in total. The van der Waals surface area contributed by atoms with Gasteiger partial charge < -0.3 is 0 Å². The van der Waals surface area contributed by atoms with Crippen LogP contribution in [-0.2, 0) is 0 Å². The molecule has 0 aliphatic heterocycles. The van der Waals surface area contributed by atoms with Gasteiger partial charge in [-0.15, -0.1) is 0 Å². The molecule has 0 aliphatic rings. The molecule has 18 heavy (non-hydrogen) atoms. The first kappa shape index (κ1) is 12.4. The van der Waals surface area contributed by atoms with E-state index in [0.717, 1.165) is 10.0 Å². The highest BCUT2D eigenvalue weighted by Crippen LogP contribution is 2.10. The number of nitrogens with one attached hydrogen (secondary N) is 1. The molecule has 0 aliphatic carbocycles. The van der Waals surface area contributed by atoms with E-state index in [4.69, 9.17) is 0 Å². The largest absolute Gasteiger partial charge is 0.271 e. The molecule has 0 radical (unpaired) electrons. The molecular weight excluding hydrogens is 294 g/mol. The number of benzene rings is 1. The Balaban J connectivity index is 1.96. The second-order valence-corrected chi connectivity index (χ2v) is 4.40. The second kappa shape index (κ2) is 6.07. The van der Waals surface area contributed by atoms with Crippen molar-refractivity contribution < 1.29 is 4.79 Å². The van der Waals surface area contributed by atoms with Gasteiger partial charge in [-0.25, -0.2) is 5.43 Å². The molecule has 0 fully saturated rings. The summed E-state index contributed by atoms with van der Waals surface area (Å²) < 4.78 is 0.930. The van der Waals surface area contributed by atoms with E-state index in [1.807, 2.05) is 12.1 Å². The van der Waals surface area contributed by atoms with Gasteiger partial charge in [0, 0.05) is 22.4 Å². The predicted molar refractivity (Wildman–Crippen MR) is 73.4 cm³/mol. The lowest BCUT2D eigenvalue weighted by atomic mass is 10.2. The van der Waals surface area contributed by atoms with Crippen molar-refractivity contribution in [2.45, 2.75) is 0 Å². The first-order chi connectivity index (χ1) is 8.75. The fourth-order valence-corrected chi connectivity index (χ4v) is 1.55. The van der Waals surface area contributed by atoms with Crippen molar-refractivity contribution in [2.24, 2.45) is 5.10 Å². The first-order valence-corrected chi connectivity index (χ1v) is 6.04. The molecule has 0 bridgehead atoms. The van der Waals surface area contributed by atoms with Crippen molar-refractivity contribution in [1.29, 1.82) is 0 Å². The molecule has 1 aromatic carbocycles. The number of hydrogen-bond acceptors (Lipinski definition) is 3. The van der Waals surface area contributed by atoms with E-state index in [-0.39, 0.29) is 5.91 Å². The van der Waals surface area contributed by atoms with Crippen LogP contribution in [0.2, 0.25) is 0 Å². The lowest BCUT2D eigenvalue weighted by Gasteiger charge is -1.99. The molecule has 0 spiro atoms. The Morgan fingerprint density at radius 3 is 2.50 bits per heavy atom. The highest BCUT2D eigenvalue weighted by atomic mass is 79.9. The quantitative estimate of drug-likeness (QED) is 0.700. The van der Waals surface area contributed by atoms with E-state index >= 15 is 0 Å². The fraction of sp³-hybridized carbons (Fsp3) is 0. The summed E-state index contributed by atoms with van der Waals surface area (Å²) in [6.45, 7) is 0. The number of halogens is 1. The van der Waals surface area contributed by atoms with Gasteiger partial charge in [-0.05, 0) is 42.0 Å². The number of rotatable bonds is 3. The van der Waals surface area contributed by atoms with Crippen LogP contribution in [0.15, 0.2) is 58.4 Å². The molecule has 0 unspecified atom stereocenters. The zero-order valence-electron chi connectivity index (χ0n) is 9.38. The van der Waals surface area contributed by atoms with Crippen molar-refractivity contribution in [1.82, 2.24) is 10.4 Å². The van der Waals surface area contributed by atoms with Gasteiger partial charge in [0.05, 0.1) is 6.21 Å². The first-order valence-electron chi connectivity index (χ1n) is 5.25. The minimum Gasteiger partial charge on any atom is -0.267 e. The van der Waals surface area contributed by atoms with E-state index in [9.17, 15) is 4.79 Å². The summed E-state index contributed by atoms with van der Waals surface area (Å²) in [5.41, 5.74) is 3.90. The average Bonchev–Trinajstić information content (AvgIpc) is 2.40. The molecule has 0 saturated carbocycles. The van der Waals surface area contributed by atoms with Gasteiger partial charge in [0.15, 0.2) is 0 Å². The maximum absolute atomic E-state index is 11.7. The number of amides is 1. The molecule has 4 nitrogen and oxygen atoms in total. The Labute approximate surface area is 113 Å². The molecule has 1 amide bonds. The minimum atomic E-state index is -0.243. The Morgan fingerprint density at radius 2 is 1.83 bits per heavy atom. The number of pyridine rings is 1. The predicted octanol–water partition coefficient (Wildman–Crippen LogP) is 2.61. The Hall–Kier alpha value is -2.01. The molecule has 1 aromatic heterocycles. The van der Waals surface area contributed by atoms with Crippen molar-refractivity contribution in [3.63, 3.8) is 0 Å². The van der Waals surface area contributed by atoms with Crippen LogP contribution in [-0.4, -0.2) is 17.1 Å². The van der Waals surface area contributed by atoms with Crippen LogP contribution in [0, 0.1) is 0 Å². The van der Waals surface area contributed by atoms with Gasteiger partial charge in [-0.1, -0.05) is 15.9 Å². The SMILES string of the molecule is O=C(N/N=C/c1ccncc1)c1ccc(Br)cc1. The van der Waals surface area contributed by atoms with Crippen LogP contribution in [0.1, 0.15) is 15.9 Å². The van der Waals surface area contributed by atoms with Crippen molar-refractivity contribution in [3.8, 4) is 0 Å². The summed E-state index contributed by atoms with van der Waals surface area (Å²) in [6.07, 6.45) is 4.90. The zero-order valence-corrected chi connectivity index (χ0v) is 11.0. The number of aromatic nitrogens is 1. The molecule has 0 atom stereocenters. The molecule has 2 aromatic rings. The number of hydrogen-bond donors (Lipinski definition) is 1. The summed E-state index contributed by atoms with van der Waals surface area (Å²) in [5, 5.41) is 3.88. The summed E-state index contributed by atoms with van der Waals surface area (Å²) in [7, 11) is 0. The Bertz CT molecular complexity index is 552. The average molecular weight is 304 g/mol. The standard InChI is InChI=1S/C13H10BrN3O/c14-12-3-1-11(2-4-12)13(18)17-16-9-10-5-7-15-8-6-10/h1-9H,(H,17,18)/b16-9+. The molecule has 90 valence electrons. The minimum absolute atomic E-state index is 0.243. The van der Waals surface area contributed by atoms with Gasteiger partial charge in [-0.3, -0.25) is 9.78 Å². The summed E-state index contributed by atoms with van der Waals surface area (Å²) in [4.78, 5) is 15.6. The lowest BCUT2D eigenvalue weighted by molar-refractivity contribution is 0.0955. The number of carbonyl (C=O) groups is 1. The van der Waals surface area contributed by atoms with Gasteiger partial charge >= 0.3 is 0 Å². The van der Waals surface area contributed by atoms with Crippen LogP contribution in [0.5, 0.6) is 0 Å². The van der Waals surface area contributed by atoms with Gasteiger partial charge in [0.2, 0.25) is 0 Å². The van der Waals surface area contributed by atoms with Crippen molar-refractivity contribution >= 4 is 28.1 Å². The smallest absolute Gasteiger partial charge is 0.267 e. The van der Waals surface area contributed by atoms with Gasteiger partial charge in [0.25, 0.3) is 5.91 Å². The third-order valence-electron chi connectivity index (χ3n) is 2.19. The van der Waals surface area contributed by atoms with E-state index in [0.29, 0.717) is 5.56 Å². The van der Waals surface area contributed by atoms with Crippen molar-refractivity contribution in [2.75, 3.05) is 0 Å². The Kier molecular flexibility index (Phi) is 4.20. The van der Waals surface area contributed by atoms with E-state index in [1.165, 1.54) is 0 Å². The highest BCUT2D eigenvalue weighted by molar-refractivity contribution is 9.10. The number of carbonyl (C=O) groups excluding carboxylic acids is 1. The summed E-state index contributed by atoms with van der Waals surface area (Å²) >= 11 is 3.31.